The van der Waals surface area contributed by atoms with Gasteiger partial charge in [0.1, 0.15) is 0 Å². The molecule has 2 amide bonds. The van der Waals surface area contributed by atoms with Gasteiger partial charge in [-0.2, -0.15) is 0 Å². The minimum Gasteiger partial charge on any atom is -0.284 e. The number of hydrogen-bond donors (Lipinski definition) is 1. The van der Waals surface area contributed by atoms with Gasteiger partial charge >= 0.3 is 6.41 Å². The van der Waals surface area contributed by atoms with Crippen LogP contribution in [0.25, 0.3) is 0 Å². The number of carbonyl (C=O) groups is 1. The van der Waals surface area contributed by atoms with Gasteiger partial charge < -0.3 is 0 Å². The summed E-state index contributed by atoms with van der Waals surface area (Å²) in [7, 11) is 0. The van der Waals surface area contributed by atoms with Crippen LogP contribution in [0, 0.1) is 0 Å². The Morgan fingerprint density at radius 1 is 1.64 bits per heavy atom. The molecule has 0 aromatic carbocycles. The number of carbonyl (C=O) groups excluding carboxylic acids is 2. The molecule has 0 spiro atoms. The number of amides is 2. The Morgan fingerprint density at radius 2 is 2.45 bits per heavy atom. The second kappa shape index (κ2) is 3.46. The van der Waals surface area contributed by atoms with E-state index in [9.17, 15) is 9.59 Å². The molecule has 55 valence electrons. The van der Waals surface area contributed by atoms with Crippen molar-refractivity contribution in [2.24, 2.45) is 0 Å². The highest BCUT2D eigenvalue weighted by molar-refractivity contribution is 5.99. The summed E-state index contributed by atoms with van der Waals surface area (Å²) in [6, 6.07) is 3.17. The fourth-order valence-electron chi connectivity index (χ4n) is 0.616. The zero-order chi connectivity index (χ0) is 8.10. The summed E-state index contributed by atoms with van der Waals surface area (Å²) >= 11 is 0. The molecule has 0 fully saturated rings. The summed E-state index contributed by atoms with van der Waals surface area (Å²) in [6.07, 6.45) is 4.20. The standard InChI is InChI=1S/C7H5N2O2/c10-5-9-7(11)6-2-1-3-8-4-6/h1-4H,(H,9,10,11). The summed E-state index contributed by atoms with van der Waals surface area (Å²) in [5, 5.41) is 1.88. The van der Waals surface area contributed by atoms with Crippen LogP contribution in [0.15, 0.2) is 24.5 Å². The number of pyridine rings is 1. The maximum atomic E-state index is 10.8. The molecule has 1 aromatic rings. The third-order valence-electron chi connectivity index (χ3n) is 1.09. The van der Waals surface area contributed by atoms with Crippen LogP contribution in [-0.2, 0) is 4.79 Å². The van der Waals surface area contributed by atoms with Gasteiger partial charge in [0.05, 0.1) is 5.56 Å². The van der Waals surface area contributed by atoms with E-state index in [1.165, 1.54) is 12.6 Å². The van der Waals surface area contributed by atoms with Crippen molar-refractivity contribution in [3.05, 3.63) is 30.1 Å². The van der Waals surface area contributed by atoms with Gasteiger partial charge in [0.2, 0.25) is 0 Å². The first-order valence-corrected chi connectivity index (χ1v) is 2.92. The van der Waals surface area contributed by atoms with Crippen LogP contribution in [0.3, 0.4) is 0 Å². The minimum absolute atomic E-state index is 0.343. The number of hydrogen-bond acceptors (Lipinski definition) is 3. The zero-order valence-electron chi connectivity index (χ0n) is 5.57. The number of aromatic nitrogens is 1. The van der Waals surface area contributed by atoms with Gasteiger partial charge in [0.15, 0.2) is 0 Å². The maximum absolute atomic E-state index is 10.8. The highest BCUT2D eigenvalue weighted by Crippen LogP contribution is 1.93. The Kier molecular flexibility index (Phi) is 2.32. The maximum Gasteiger partial charge on any atom is 0.316 e. The number of nitrogens with zero attached hydrogens (tertiary/aromatic N) is 1. The van der Waals surface area contributed by atoms with Crippen molar-refractivity contribution < 1.29 is 9.59 Å². The minimum atomic E-state index is -0.493. The molecule has 0 aliphatic heterocycles. The molecule has 0 bridgehead atoms. The molecule has 1 aromatic heterocycles. The van der Waals surface area contributed by atoms with Crippen molar-refractivity contribution in [3.63, 3.8) is 0 Å². The Hall–Kier alpha value is -1.71. The average molecular weight is 149 g/mol. The van der Waals surface area contributed by atoms with E-state index in [1.807, 2.05) is 5.32 Å². The highest BCUT2D eigenvalue weighted by atomic mass is 16.2. The van der Waals surface area contributed by atoms with Gasteiger partial charge in [-0.3, -0.25) is 19.9 Å². The van der Waals surface area contributed by atoms with Crippen LogP contribution in [0.4, 0.5) is 0 Å². The van der Waals surface area contributed by atoms with E-state index >= 15 is 0 Å². The molecular weight excluding hydrogens is 144 g/mol. The quantitative estimate of drug-likeness (QED) is 0.596. The lowest BCUT2D eigenvalue weighted by Crippen LogP contribution is -2.21. The van der Waals surface area contributed by atoms with Crippen molar-refractivity contribution in [3.8, 4) is 0 Å². The molecule has 0 aliphatic rings. The predicted octanol–water partition coefficient (Wildman–Crippen LogP) is -0.121. The molecule has 4 heteroatoms. The third kappa shape index (κ3) is 1.86. The largest absolute Gasteiger partial charge is 0.316 e. The molecule has 11 heavy (non-hydrogen) atoms. The van der Waals surface area contributed by atoms with Gasteiger partial charge in [-0.1, -0.05) is 0 Å². The second-order valence-electron chi connectivity index (χ2n) is 1.80. The molecule has 1 rings (SSSR count). The molecule has 1 N–H and O–H groups in total. The molecule has 1 radical (unpaired) electrons. The molecule has 0 saturated heterocycles. The van der Waals surface area contributed by atoms with Gasteiger partial charge in [0, 0.05) is 12.4 Å². The molecule has 1 heterocycles. The van der Waals surface area contributed by atoms with Crippen molar-refractivity contribution >= 4 is 12.3 Å². The fraction of sp³-hybridized carbons (Fsp3) is 0. The lowest BCUT2D eigenvalue weighted by molar-refractivity contribution is 0.0976. The van der Waals surface area contributed by atoms with E-state index in [0.717, 1.165) is 0 Å². The van der Waals surface area contributed by atoms with Crippen molar-refractivity contribution in [1.82, 2.24) is 10.3 Å². The average Bonchev–Trinajstić information content (AvgIpc) is 2.07. The number of nitrogens with one attached hydrogen (secondary N) is 1. The summed E-state index contributed by atoms with van der Waals surface area (Å²) < 4.78 is 0. The smallest absolute Gasteiger partial charge is 0.284 e. The van der Waals surface area contributed by atoms with E-state index in [-0.39, 0.29) is 0 Å². The Labute approximate surface area is 63.3 Å². The Morgan fingerprint density at radius 3 is 3.00 bits per heavy atom. The molecule has 0 aliphatic carbocycles. The van der Waals surface area contributed by atoms with Crippen molar-refractivity contribution in [2.45, 2.75) is 0 Å². The summed E-state index contributed by atoms with van der Waals surface area (Å²) in [6.45, 7) is 0. The van der Waals surface area contributed by atoms with Crippen LogP contribution in [0.2, 0.25) is 0 Å². The lowest BCUT2D eigenvalue weighted by atomic mass is 10.3. The molecule has 0 unspecified atom stereocenters. The topological polar surface area (TPSA) is 59.1 Å². The van der Waals surface area contributed by atoms with E-state index in [2.05, 4.69) is 4.98 Å². The van der Waals surface area contributed by atoms with E-state index < -0.39 is 5.91 Å². The number of rotatable bonds is 2. The van der Waals surface area contributed by atoms with Crippen LogP contribution < -0.4 is 5.32 Å². The van der Waals surface area contributed by atoms with Crippen molar-refractivity contribution in [2.75, 3.05) is 0 Å². The second-order valence-corrected chi connectivity index (χ2v) is 1.80. The van der Waals surface area contributed by atoms with Gasteiger partial charge in [-0.25, -0.2) is 0 Å². The molecular formula is C7H5N2O2. The molecule has 0 saturated carbocycles. The summed E-state index contributed by atoms with van der Waals surface area (Å²) in [5.74, 6) is -0.493. The molecule has 4 nitrogen and oxygen atoms in total. The van der Waals surface area contributed by atoms with Crippen LogP contribution in [0.5, 0.6) is 0 Å². The Balaban J connectivity index is 2.77. The molecule has 0 atom stereocenters. The van der Waals surface area contributed by atoms with Crippen LogP contribution >= 0.6 is 0 Å². The third-order valence-corrected chi connectivity index (χ3v) is 1.09. The van der Waals surface area contributed by atoms with Gasteiger partial charge in [-0.15, -0.1) is 0 Å². The van der Waals surface area contributed by atoms with Crippen molar-refractivity contribution in [1.29, 1.82) is 0 Å². The van der Waals surface area contributed by atoms with E-state index in [0.29, 0.717) is 5.56 Å². The number of imide groups is 1. The first-order valence-electron chi connectivity index (χ1n) is 2.92. The van der Waals surface area contributed by atoms with Gasteiger partial charge in [0.25, 0.3) is 5.91 Å². The Bertz CT molecular complexity index is 258. The highest BCUT2D eigenvalue weighted by Gasteiger charge is 2.01. The van der Waals surface area contributed by atoms with Gasteiger partial charge in [-0.05, 0) is 12.1 Å². The van der Waals surface area contributed by atoms with E-state index in [1.54, 1.807) is 18.3 Å². The normalized spacial score (nSPS) is 8.73. The zero-order valence-corrected chi connectivity index (χ0v) is 5.57. The summed E-state index contributed by atoms with van der Waals surface area (Å²) in [5.41, 5.74) is 0.343. The first kappa shape index (κ1) is 7.40. The summed E-state index contributed by atoms with van der Waals surface area (Å²) in [4.78, 5) is 24.2. The van der Waals surface area contributed by atoms with Crippen LogP contribution in [0.1, 0.15) is 10.4 Å². The monoisotopic (exact) mass is 149 g/mol. The predicted molar refractivity (Wildman–Crippen MR) is 37.4 cm³/mol. The SMILES string of the molecule is O=[C]NC(=O)c1cccnc1. The fourth-order valence-corrected chi connectivity index (χ4v) is 0.616. The van der Waals surface area contributed by atoms with E-state index in [4.69, 9.17) is 0 Å². The van der Waals surface area contributed by atoms with Crippen LogP contribution in [-0.4, -0.2) is 17.3 Å². The lowest BCUT2D eigenvalue weighted by Gasteiger charge is -1.93. The first-order chi connectivity index (χ1) is 5.34.